The number of aromatic carboxylic acids is 1. The smallest absolute Gasteiger partial charge is 0.345 e. The van der Waals surface area contributed by atoms with Crippen LogP contribution in [0.1, 0.15) is 9.67 Å². The number of fused-ring (bicyclic) bond motifs is 1. The number of hydrogen-bond acceptors (Lipinski definition) is 4. The van der Waals surface area contributed by atoms with Crippen molar-refractivity contribution in [3.05, 3.63) is 40.8 Å². The summed E-state index contributed by atoms with van der Waals surface area (Å²) >= 11 is 2.93. The van der Waals surface area contributed by atoms with E-state index >= 15 is 0 Å². The average molecular weight is 261 g/mol. The molecule has 0 aromatic carbocycles. The molecule has 0 atom stereocenters. The summed E-state index contributed by atoms with van der Waals surface area (Å²) in [5.41, 5.74) is 1.01. The molecule has 0 amide bonds. The summed E-state index contributed by atoms with van der Waals surface area (Å²) < 4.78 is 0.986. The van der Waals surface area contributed by atoms with Crippen molar-refractivity contribution >= 4 is 38.7 Å². The molecule has 0 bridgehead atoms. The molecule has 3 aromatic heterocycles. The lowest BCUT2D eigenvalue weighted by molar-refractivity contribution is 0.0702. The van der Waals surface area contributed by atoms with Crippen molar-refractivity contribution in [2.24, 2.45) is 0 Å². The fourth-order valence-electron chi connectivity index (χ4n) is 1.67. The Morgan fingerprint density at radius 1 is 1.35 bits per heavy atom. The maximum atomic E-state index is 11.0. The summed E-state index contributed by atoms with van der Waals surface area (Å²) in [6, 6.07) is 5.66. The topological polar surface area (TPSA) is 50.2 Å². The molecule has 0 aliphatic rings. The van der Waals surface area contributed by atoms with Crippen LogP contribution in [0, 0.1) is 0 Å². The number of aromatic nitrogens is 1. The van der Waals surface area contributed by atoms with E-state index in [4.69, 9.17) is 5.11 Å². The first-order valence-corrected chi connectivity index (χ1v) is 6.60. The number of pyridine rings is 1. The molecule has 17 heavy (non-hydrogen) atoms. The van der Waals surface area contributed by atoms with Crippen molar-refractivity contribution in [2.75, 3.05) is 0 Å². The molecule has 84 valence electrons. The van der Waals surface area contributed by atoms with E-state index < -0.39 is 5.97 Å². The second-order valence-electron chi connectivity index (χ2n) is 3.50. The molecule has 0 unspecified atom stereocenters. The number of carboxylic acid groups (broad SMARTS) is 1. The van der Waals surface area contributed by atoms with Crippen LogP contribution < -0.4 is 0 Å². The summed E-state index contributed by atoms with van der Waals surface area (Å²) in [6.45, 7) is 0. The zero-order valence-corrected chi connectivity index (χ0v) is 10.2. The molecular formula is C12H7NO2S2. The highest BCUT2D eigenvalue weighted by Crippen LogP contribution is 2.35. The van der Waals surface area contributed by atoms with E-state index in [1.54, 1.807) is 29.8 Å². The van der Waals surface area contributed by atoms with E-state index in [9.17, 15) is 4.79 Å². The molecule has 0 saturated heterocycles. The third-order valence-electron chi connectivity index (χ3n) is 2.42. The molecular weight excluding hydrogens is 254 g/mol. The Balaban J connectivity index is 2.29. The Morgan fingerprint density at radius 3 is 2.94 bits per heavy atom. The maximum Gasteiger partial charge on any atom is 0.345 e. The number of rotatable bonds is 2. The van der Waals surface area contributed by atoms with Gasteiger partial charge in [-0.2, -0.15) is 0 Å². The second kappa shape index (κ2) is 3.94. The van der Waals surface area contributed by atoms with Crippen molar-refractivity contribution < 1.29 is 9.90 Å². The minimum absolute atomic E-state index is 0.353. The molecule has 0 aliphatic carbocycles. The van der Waals surface area contributed by atoms with Crippen molar-refractivity contribution in [1.29, 1.82) is 0 Å². The van der Waals surface area contributed by atoms with Gasteiger partial charge in [-0.15, -0.1) is 22.7 Å². The Kier molecular flexibility index (Phi) is 2.42. The molecule has 1 N–H and O–H groups in total. The first kappa shape index (κ1) is 10.4. The first-order chi connectivity index (χ1) is 8.25. The van der Waals surface area contributed by atoms with Crippen molar-refractivity contribution in [3.8, 4) is 10.4 Å². The van der Waals surface area contributed by atoms with E-state index in [0.29, 0.717) is 4.88 Å². The normalized spacial score (nSPS) is 10.8. The van der Waals surface area contributed by atoms with Crippen LogP contribution >= 0.6 is 22.7 Å². The van der Waals surface area contributed by atoms with Crippen LogP contribution in [0.4, 0.5) is 0 Å². The highest BCUT2D eigenvalue weighted by Gasteiger charge is 2.12. The van der Waals surface area contributed by atoms with Crippen LogP contribution in [0.5, 0.6) is 0 Å². The van der Waals surface area contributed by atoms with Gasteiger partial charge in [-0.25, -0.2) is 4.79 Å². The van der Waals surface area contributed by atoms with Gasteiger partial charge in [-0.05, 0) is 17.5 Å². The van der Waals surface area contributed by atoms with Gasteiger partial charge >= 0.3 is 5.97 Å². The zero-order chi connectivity index (χ0) is 11.8. The average Bonchev–Trinajstić information content (AvgIpc) is 2.97. The number of carbonyl (C=O) groups is 1. The number of thiophene rings is 2. The van der Waals surface area contributed by atoms with Crippen molar-refractivity contribution in [2.45, 2.75) is 0 Å². The largest absolute Gasteiger partial charge is 0.477 e. The third kappa shape index (κ3) is 1.73. The van der Waals surface area contributed by atoms with Crippen LogP contribution in [-0.4, -0.2) is 16.1 Å². The minimum atomic E-state index is -0.886. The molecule has 5 heteroatoms. The zero-order valence-electron chi connectivity index (χ0n) is 8.58. The molecule has 3 heterocycles. The predicted molar refractivity (Wildman–Crippen MR) is 69.9 cm³/mol. The van der Waals surface area contributed by atoms with E-state index in [2.05, 4.69) is 4.98 Å². The lowest BCUT2D eigenvalue weighted by Crippen LogP contribution is -1.89. The molecule has 0 fully saturated rings. The number of carboxylic acids is 1. The standard InChI is InChI=1S/C12H7NO2S2/c14-12(15)10-4-7-5-13-6-8(11(7)17-10)9-2-1-3-16-9/h1-6H,(H,14,15). The second-order valence-corrected chi connectivity index (χ2v) is 5.50. The molecule has 0 saturated carbocycles. The third-order valence-corrected chi connectivity index (χ3v) is 4.50. The number of hydrogen-bond donors (Lipinski definition) is 1. The molecule has 0 radical (unpaired) electrons. The Morgan fingerprint density at radius 2 is 2.24 bits per heavy atom. The van der Waals surface area contributed by atoms with Gasteiger partial charge in [0.1, 0.15) is 4.88 Å². The van der Waals surface area contributed by atoms with E-state index in [-0.39, 0.29) is 0 Å². The first-order valence-electron chi connectivity index (χ1n) is 4.90. The summed E-state index contributed by atoms with van der Waals surface area (Å²) in [4.78, 5) is 16.6. The van der Waals surface area contributed by atoms with Crippen LogP contribution in [0.3, 0.4) is 0 Å². The lowest BCUT2D eigenvalue weighted by Gasteiger charge is -1.97. The summed E-state index contributed by atoms with van der Waals surface area (Å²) in [6.07, 6.45) is 3.49. The van der Waals surface area contributed by atoms with Crippen molar-refractivity contribution in [3.63, 3.8) is 0 Å². The van der Waals surface area contributed by atoms with Gasteiger partial charge in [-0.3, -0.25) is 4.98 Å². The quantitative estimate of drug-likeness (QED) is 0.764. The molecule has 3 rings (SSSR count). The van der Waals surface area contributed by atoms with Gasteiger partial charge in [0.05, 0.1) is 0 Å². The fraction of sp³-hybridized carbons (Fsp3) is 0. The SMILES string of the molecule is O=C(O)c1cc2cncc(-c3cccs3)c2s1. The molecule has 3 aromatic rings. The summed E-state index contributed by atoms with van der Waals surface area (Å²) in [5, 5.41) is 11.9. The highest BCUT2D eigenvalue weighted by atomic mass is 32.1. The fourth-order valence-corrected chi connectivity index (χ4v) is 3.48. The summed E-state index contributed by atoms with van der Waals surface area (Å²) in [5.74, 6) is -0.886. The molecule has 0 spiro atoms. The van der Waals surface area contributed by atoms with Crippen molar-refractivity contribution in [1.82, 2.24) is 4.98 Å². The Hall–Kier alpha value is -1.72. The van der Waals surface area contributed by atoms with Gasteiger partial charge in [0.25, 0.3) is 0 Å². The molecule has 0 aliphatic heterocycles. The van der Waals surface area contributed by atoms with E-state index in [0.717, 1.165) is 20.5 Å². The maximum absolute atomic E-state index is 11.0. The van der Waals surface area contributed by atoms with Crippen LogP contribution in [0.15, 0.2) is 36.0 Å². The van der Waals surface area contributed by atoms with Gasteiger partial charge in [0, 0.05) is 32.9 Å². The highest BCUT2D eigenvalue weighted by molar-refractivity contribution is 7.22. The van der Waals surface area contributed by atoms with E-state index in [1.807, 2.05) is 17.5 Å². The number of nitrogens with zero attached hydrogens (tertiary/aromatic N) is 1. The van der Waals surface area contributed by atoms with Crippen LogP contribution in [-0.2, 0) is 0 Å². The van der Waals surface area contributed by atoms with Crippen LogP contribution in [0.2, 0.25) is 0 Å². The summed E-state index contributed by atoms with van der Waals surface area (Å²) in [7, 11) is 0. The van der Waals surface area contributed by atoms with Crippen LogP contribution in [0.25, 0.3) is 20.5 Å². The van der Waals surface area contributed by atoms with Gasteiger partial charge < -0.3 is 5.11 Å². The van der Waals surface area contributed by atoms with E-state index in [1.165, 1.54) is 11.3 Å². The molecule has 3 nitrogen and oxygen atoms in total. The van der Waals surface area contributed by atoms with Gasteiger partial charge in [-0.1, -0.05) is 6.07 Å². The Labute approximate surface area is 105 Å². The Bertz CT molecular complexity index is 686. The minimum Gasteiger partial charge on any atom is -0.477 e. The lowest BCUT2D eigenvalue weighted by atomic mass is 10.2. The van der Waals surface area contributed by atoms with Gasteiger partial charge in [0.2, 0.25) is 0 Å². The predicted octanol–water partition coefficient (Wildman–Crippen LogP) is 3.72. The van der Waals surface area contributed by atoms with Gasteiger partial charge in [0.15, 0.2) is 0 Å². The monoisotopic (exact) mass is 261 g/mol.